The van der Waals surface area contributed by atoms with E-state index in [-0.39, 0.29) is 158 Å². The van der Waals surface area contributed by atoms with Crippen LogP contribution < -0.4 is 54.0 Å². The van der Waals surface area contributed by atoms with Crippen molar-refractivity contribution in [2.45, 2.75) is 222 Å². The van der Waals surface area contributed by atoms with Crippen LogP contribution in [0.4, 0.5) is 0 Å². The normalized spacial score (nSPS) is 16.4. The molecule has 0 unspecified atom stereocenters. The minimum Gasteiger partial charge on any atom is -0.475 e. The molecule has 41 nitrogen and oxygen atoms in total. The number of imidazole rings is 4. The average molecular weight is 1790 g/mol. The molecule has 9 atom stereocenters. The summed E-state index contributed by atoms with van der Waals surface area (Å²) in [6.07, 6.45) is 13.6. The van der Waals surface area contributed by atoms with Gasteiger partial charge in [-0.05, 0) is 130 Å². The van der Waals surface area contributed by atoms with Gasteiger partial charge in [0.2, 0.25) is 59.0 Å². The van der Waals surface area contributed by atoms with Crippen molar-refractivity contribution in [3.63, 3.8) is 0 Å². The molecule has 0 radical (unpaired) electrons. The Morgan fingerprint density at radius 2 is 0.729 bits per heavy atom. The number of pyridine rings is 4. The number of hydrogen-bond acceptors (Lipinski definition) is 27. The molecule has 9 amide bonds. The van der Waals surface area contributed by atoms with Crippen LogP contribution in [0.1, 0.15) is 234 Å². The zero-order valence-electron chi connectivity index (χ0n) is 75.6. The molecule has 12 rings (SSSR count). The Morgan fingerprint density at radius 3 is 1.00 bits per heavy atom. The molecule has 129 heavy (non-hydrogen) atoms. The number of primary amides is 1. The first-order valence-electron chi connectivity index (χ1n) is 43.4. The molecule has 8 aromatic rings. The highest BCUT2D eigenvalue weighted by atomic mass is 16.5. The Hall–Kier alpha value is -13.4. The highest BCUT2D eigenvalue weighted by molar-refractivity contribution is 6.00. The average Bonchev–Trinajstić information content (AvgIpc) is 1.72. The second kappa shape index (κ2) is 55.2. The standard InChI is InChI=1S/C18H21N5O5.C17H20N6O4.C17H18N6O3.C14H25N3O4.C7H5N3O2.3C5H12/c1-28-18(27)12(9-10-6-8-20-17(10)26)21-14(25)5-4-13(24)16-22-11-3-2-7-19-15(11)23-16;18-14(26)11(8-9-5-7-20-17(9)27)21-13(25)4-3-12(24)16-22-10-2-1-6-19-15(10)23-16;18-9-11(8-10-5-7-20-17(10)26)21-14(25)4-3-13(24)16-22-12-2-1-6-19-15(12)23-16;1-8(2)6-10(15)13(19)17-11(14(20)21-3)7-9-4-5-16-12(9)18;11-7(12)6-9-4-2-1-3-8-5(4)10-6;3*1-4-5(2)3/h2-3,7,10,12H,4-6,8-9H2,1H3,(H,20,26)(H,21,25)(H,19,22,23);1-2,6,9,11H,3-5,7-8H2,(H2,18,26)(H,20,27)(H,21,25)(H,19,22,23);1-2,6,10-11H,3-5,7-8H2,(H,20,26)(H,21,25)(H,19,22,23);8-11H,4-7,15H2,1-3H3,(H,16,18)(H,17,19);1-3H,(H,11,12)(H,8,9,10);3*5H,4H2,1-3H3/t10-,12-;9-,11-;10-,11-;9-,10-,11-;;;;/m0000..../s1. The van der Waals surface area contributed by atoms with Crippen molar-refractivity contribution in [2.24, 2.45) is 58.8 Å². The minimum absolute atomic E-state index is 0.0340. The van der Waals surface area contributed by atoms with Crippen LogP contribution >= 0.6 is 0 Å². The number of aromatic carboxylic acids is 1. The summed E-state index contributed by atoms with van der Waals surface area (Å²) >= 11 is 0. The number of carboxylic acids is 1. The molecule has 4 fully saturated rings. The van der Waals surface area contributed by atoms with Gasteiger partial charge in [-0.2, -0.15) is 5.26 Å². The van der Waals surface area contributed by atoms with Crippen molar-refractivity contribution >= 4 is 133 Å². The predicted molar refractivity (Wildman–Crippen MR) is 476 cm³/mol. The van der Waals surface area contributed by atoms with Crippen LogP contribution in [-0.4, -0.2) is 224 Å². The lowest BCUT2D eigenvalue weighted by Crippen LogP contribution is -2.50. The fraction of sp³-hybridized carbons (Fsp3) is 0.545. The number of aromatic amines is 4. The molecule has 4 saturated heterocycles. The van der Waals surface area contributed by atoms with E-state index in [1.54, 1.807) is 73.3 Å². The van der Waals surface area contributed by atoms with E-state index in [0.717, 1.165) is 17.8 Å². The second-order valence-electron chi connectivity index (χ2n) is 32.6. The Labute approximate surface area is 747 Å². The van der Waals surface area contributed by atoms with Crippen LogP contribution in [0.5, 0.6) is 0 Å². The molecule has 4 aliphatic rings. The molecule has 4 aliphatic heterocycles. The Morgan fingerprint density at radius 1 is 0.442 bits per heavy atom. The van der Waals surface area contributed by atoms with Crippen molar-refractivity contribution in [3.05, 3.63) is 96.6 Å². The number of rotatable bonds is 34. The molecule has 0 spiro atoms. The third kappa shape index (κ3) is 37.2. The van der Waals surface area contributed by atoms with Gasteiger partial charge < -0.3 is 88.5 Å². The first-order chi connectivity index (χ1) is 61.4. The van der Waals surface area contributed by atoms with E-state index in [0.29, 0.717) is 103 Å². The Kier molecular flexibility index (Phi) is 45.4. The highest BCUT2D eigenvalue weighted by Gasteiger charge is 2.36. The van der Waals surface area contributed by atoms with E-state index < -0.39 is 77.7 Å². The largest absolute Gasteiger partial charge is 0.475 e. The van der Waals surface area contributed by atoms with Gasteiger partial charge in [0.05, 0.1) is 48.4 Å². The SMILES string of the molecule is CCC(C)C.CCC(C)C.CCC(C)C.COC(=O)[C@H](C[C@@H]1CCNC1=O)NC(=O)CCC(=O)c1nc2ncccc2[nH]1.COC(=O)[C@H](C[C@@H]1CCNC1=O)NC(=O)[C@@H](N)CC(C)C.N#C[C@H](C[C@@H]1CCNC1=O)NC(=O)CCC(=O)c1nc2ncccc2[nH]1.NC(=O)[C@H](C[C@@H]1CCNC1=O)NC(=O)CCC(=O)c1nc2ncccc2[nH]1.O=C(O)c1nc2ncccc2[nH]1. The number of carboxylic acid groups (broad SMARTS) is 1. The van der Waals surface area contributed by atoms with Crippen molar-refractivity contribution in [3.8, 4) is 6.07 Å². The summed E-state index contributed by atoms with van der Waals surface area (Å²) in [6, 6.07) is 11.7. The molecule has 12 heterocycles. The molecule has 0 aromatic carbocycles. The van der Waals surface area contributed by atoms with Gasteiger partial charge >= 0.3 is 17.9 Å². The van der Waals surface area contributed by atoms with Gasteiger partial charge in [0.1, 0.15) is 24.2 Å². The monoisotopic (exact) mass is 1790 g/mol. The van der Waals surface area contributed by atoms with Crippen LogP contribution in [0.15, 0.2) is 73.3 Å². The number of hydrogen-bond donors (Lipinski definition) is 15. The first-order valence-corrected chi connectivity index (χ1v) is 43.4. The van der Waals surface area contributed by atoms with E-state index in [1.807, 2.05) is 19.9 Å². The number of nitrogens with zero attached hydrogens (tertiary/aromatic N) is 9. The van der Waals surface area contributed by atoms with E-state index in [2.05, 4.69) is 165 Å². The van der Waals surface area contributed by atoms with E-state index in [4.69, 9.17) is 26.0 Å². The maximum atomic E-state index is 12.3. The van der Waals surface area contributed by atoms with Crippen LogP contribution in [-0.2, 0) is 62.2 Å². The summed E-state index contributed by atoms with van der Waals surface area (Å²) in [6.45, 7) is 26.1. The number of carbonyl (C=O) groups excluding carboxylic acids is 14. The van der Waals surface area contributed by atoms with Gasteiger partial charge in [0.25, 0.3) is 0 Å². The van der Waals surface area contributed by atoms with Crippen molar-refractivity contribution < 1.29 is 86.5 Å². The zero-order chi connectivity index (χ0) is 95.4. The third-order valence-corrected chi connectivity index (χ3v) is 20.8. The van der Waals surface area contributed by atoms with Crippen molar-refractivity contribution in [1.29, 1.82) is 5.26 Å². The maximum absolute atomic E-state index is 12.3. The minimum atomic E-state index is -1.08. The summed E-state index contributed by atoms with van der Waals surface area (Å²) in [5.41, 5.74) is 15.4. The van der Waals surface area contributed by atoms with Gasteiger partial charge in [-0.1, -0.05) is 95.4 Å². The van der Waals surface area contributed by atoms with Gasteiger partial charge in [0.15, 0.2) is 57.4 Å². The number of nitriles is 1. The number of nitrogens with one attached hydrogen (secondary N) is 12. The fourth-order valence-electron chi connectivity index (χ4n) is 12.3. The molecule has 0 bridgehead atoms. The molecule has 0 saturated carbocycles. The number of nitrogens with two attached hydrogens (primary N) is 2. The number of ether oxygens (including phenoxy) is 2. The van der Waals surface area contributed by atoms with Gasteiger partial charge in [-0.15, -0.1) is 0 Å². The number of methoxy groups -OCH3 is 2. The third-order valence-electron chi connectivity index (χ3n) is 20.8. The summed E-state index contributed by atoms with van der Waals surface area (Å²) < 4.78 is 9.41. The lowest BCUT2D eigenvalue weighted by molar-refractivity contribution is -0.146. The lowest BCUT2D eigenvalue weighted by Gasteiger charge is -2.21. The van der Waals surface area contributed by atoms with E-state index in [1.165, 1.54) is 33.5 Å². The summed E-state index contributed by atoms with van der Waals surface area (Å²) in [4.78, 5) is 221. The number of fused-ring (bicyclic) bond motifs is 4. The maximum Gasteiger partial charge on any atom is 0.371 e. The number of ketones is 3. The first kappa shape index (κ1) is 106. The molecule has 41 heteroatoms. The van der Waals surface area contributed by atoms with Gasteiger partial charge in [0, 0.05) is 113 Å². The predicted octanol–water partition coefficient (Wildman–Crippen LogP) is 6.33. The van der Waals surface area contributed by atoms with Crippen LogP contribution in [0.3, 0.4) is 0 Å². The number of Topliss-reactive ketones (excluding diaryl/α,β-unsaturated/α-hetero) is 3. The number of amides is 9. The van der Waals surface area contributed by atoms with Gasteiger partial charge in [-0.25, -0.2) is 54.3 Å². The quantitative estimate of drug-likeness (QED) is 0.0155. The number of esters is 2. The smallest absolute Gasteiger partial charge is 0.371 e. The van der Waals surface area contributed by atoms with Crippen LogP contribution in [0.25, 0.3) is 44.7 Å². The lowest BCUT2D eigenvalue weighted by atomic mass is 9.97. The highest BCUT2D eigenvalue weighted by Crippen LogP contribution is 2.23. The summed E-state index contributed by atoms with van der Waals surface area (Å²) in [7, 11) is 2.47. The molecule has 17 N–H and O–H groups in total. The molecular formula is C88H125N23O18. The number of H-pyrrole nitrogens is 4. The van der Waals surface area contributed by atoms with E-state index >= 15 is 0 Å². The molecule has 700 valence electrons. The summed E-state index contributed by atoms with van der Waals surface area (Å²) in [5, 5.41) is 38.7. The van der Waals surface area contributed by atoms with Gasteiger partial charge in [-0.3, -0.25) is 57.5 Å². The molecule has 0 aliphatic carbocycles. The van der Waals surface area contributed by atoms with Crippen molar-refractivity contribution in [2.75, 3.05) is 40.4 Å². The van der Waals surface area contributed by atoms with Crippen LogP contribution in [0.2, 0.25) is 0 Å². The fourth-order valence-corrected chi connectivity index (χ4v) is 12.3. The molecular weight excluding hydrogens is 1670 g/mol. The summed E-state index contributed by atoms with van der Waals surface area (Å²) in [5.74, 6) is -4.15. The second-order valence-corrected chi connectivity index (χ2v) is 32.6. The topological polar surface area (TPSA) is 633 Å². The number of carbonyl (C=O) groups is 15. The van der Waals surface area contributed by atoms with Crippen LogP contribution in [0, 0.1) is 58.7 Å². The van der Waals surface area contributed by atoms with Crippen molar-refractivity contribution in [1.82, 2.24) is 102 Å². The molecule has 8 aromatic heterocycles. The Balaban J connectivity index is 0.000000278. The Bertz CT molecular complexity index is 4960. The van der Waals surface area contributed by atoms with E-state index in [9.17, 15) is 77.2 Å². The number of aromatic nitrogens is 12. The zero-order valence-corrected chi connectivity index (χ0v) is 75.6.